The lowest BCUT2D eigenvalue weighted by Gasteiger charge is -2.21. The van der Waals surface area contributed by atoms with Crippen LogP contribution >= 0.6 is 22.9 Å². The first-order chi connectivity index (χ1) is 13.9. The highest BCUT2D eigenvalue weighted by Gasteiger charge is 2.20. The lowest BCUT2D eigenvalue weighted by atomic mass is 10.2. The number of aromatic nitrogens is 1. The summed E-state index contributed by atoms with van der Waals surface area (Å²) in [5.74, 6) is -0.309. The standard InChI is InChI=1S/C20H27ClN4O3S/c1-4-14(2)22-18(26)9-10-25(11-12-28-3)19(27)17-13-29-20(24-17)23-16-8-6-5-7-15(16)21/h5-8,13-14H,4,9-12H2,1-3H3,(H,22,26)(H,23,24). The lowest BCUT2D eigenvalue weighted by molar-refractivity contribution is -0.121. The Hall–Kier alpha value is -2.16. The van der Waals surface area contributed by atoms with E-state index in [1.807, 2.05) is 32.0 Å². The van der Waals surface area contributed by atoms with Crippen molar-refractivity contribution in [2.24, 2.45) is 0 Å². The van der Waals surface area contributed by atoms with Gasteiger partial charge in [0.2, 0.25) is 5.91 Å². The van der Waals surface area contributed by atoms with Gasteiger partial charge in [0, 0.05) is 38.0 Å². The van der Waals surface area contributed by atoms with Crippen LogP contribution in [0.4, 0.5) is 10.8 Å². The number of carbonyl (C=O) groups excluding carboxylic acids is 2. The Morgan fingerprint density at radius 3 is 2.76 bits per heavy atom. The largest absolute Gasteiger partial charge is 0.383 e. The Kier molecular flexibility index (Phi) is 9.37. The predicted molar refractivity (Wildman–Crippen MR) is 117 cm³/mol. The van der Waals surface area contributed by atoms with Gasteiger partial charge in [-0.1, -0.05) is 30.7 Å². The van der Waals surface area contributed by atoms with Crippen molar-refractivity contribution in [1.82, 2.24) is 15.2 Å². The Labute approximate surface area is 180 Å². The number of benzene rings is 1. The van der Waals surface area contributed by atoms with Crippen molar-refractivity contribution in [2.45, 2.75) is 32.7 Å². The summed E-state index contributed by atoms with van der Waals surface area (Å²) in [6, 6.07) is 7.44. The van der Waals surface area contributed by atoms with Crippen LogP contribution in [0.15, 0.2) is 29.6 Å². The maximum absolute atomic E-state index is 12.9. The minimum absolute atomic E-state index is 0.0751. The third kappa shape index (κ3) is 7.30. The molecular formula is C20H27ClN4O3S. The Balaban J connectivity index is 2.02. The molecule has 2 rings (SSSR count). The number of nitrogens with one attached hydrogen (secondary N) is 2. The van der Waals surface area contributed by atoms with Crippen molar-refractivity contribution >= 4 is 45.6 Å². The van der Waals surface area contributed by atoms with Gasteiger partial charge in [0.05, 0.1) is 17.3 Å². The number of nitrogens with zero attached hydrogens (tertiary/aromatic N) is 2. The molecule has 158 valence electrons. The van der Waals surface area contributed by atoms with Crippen molar-refractivity contribution in [2.75, 3.05) is 32.1 Å². The van der Waals surface area contributed by atoms with Gasteiger partial charge in [0.1, 0.15) is 5.69 Å². The highest BCUT2D eigenvalue weighted by Crippen LogP contribution is 2.27. The smallest absolute Gasteiger partial charge is 0.273 e. The molecule has 1 atom stereocenters. The van der Waals surface area contributed by atoms with E-state index in [9.17, 15) is 9.59 Å². The number of carbonyl (C=O) groups is 2. The quantitative estimate of drug-likeness (QED) is 0.555. The Morgan fingerprint density at radius 1 is 1.31 bits per heavy atom. The minimum atomic E-state index is -0.234. The second-order valence-corrected chi connectivity index (χ2v) is 7.82. The number of thiazole rings is 1. The molecule has 2 N–H and O–H groups in total. The van der Waals surface area contributed by atoms with E-state index in [-0.39, 0.29) is 24.3 Å². The molecule has 0 bridgehead atoms. The van der Waals surface area contributed by atoms with E-state index in [2.05, 4.69) is 15.6 Å². The van der Waals surface area contributed by atoms with Gasteiger partial charge in [-0.2, -0.15) is 0 Å². The molecule has 7 nitrogen and oxygen atoms in total. The number of ether oxygens (including phenoxy) is 1. The van der Waals surface area contributed by atoms with E-state index in [0.29, 0.717) is 35.5 Å². The summed E-state index contributed by atoms with van der Waals surface area (Å²) in [6.07, 6.45) is 1.09. The molecule has 0 saturated carbocycles. The molecule has 2 amide bonds. The second kappa shape index (κ2) is 11.7. The second-order valence-electron chi connectivity index (χ2n) is 6.55. The van der Waals surface area contributed by atoms with Gasteiger partial charge in [-0.15, -0.1) is 11.3 Å². The summed E-state index contributed by atoms with van der Waals surface area (Å²) in [5.41, 5.74) is 1.04. The molecule has 0 fully saturated rings. The summed E-state index contributed by atoms with van der Waals surface area (Å²) in [7, 11) is 1.58. The predicted octanol–water partition coefficient (Wildman–Crippen LogP) is 3.93. The highest BCUT2D eigenvalue weighted by molar-refractivity contribution is 7.14. The fourth-order valence-corrected chi connectivity index (χ4v) is 3.35. The summed E-state index contributed by atoms with van der Waals surface area (Å²) < 4.78 is 5.11. The van der Waals surface area contributed by atoms with Gasteiger partial charge in [0.15, 0.2) is 5.13 Å². The normalized spacial score (nSPS) is 11.7. The number of hydrogen-bond acceptors (Lipinski definition) is 6. The number of para-hydroxylation sites is 1. The van der Waals surface area contributed by atoms with Crippen LogP contribution in [0.25, 0.3) is 0 Å². The molecule has 0 aliphatic rings. The van der Waals surface area contributed by atoms with Gasteiger partial charge in [-0.05, 0) is 25.5 Å². The molecule has 0 aliphatic heterocycles. The molecule has 1 aromatic carbocycles. The first-order valence-corrected chi connectivity index (χ1v) is 10.7. The number of rotatable bonds is 11. The average molecular weight is 439 g/mol. The zero-order chi connectivity index (χ0) is 21.2. The van der Waals surface area contributed by atoms with Crippen molar-refractivity contribution in [1.29, 1.82) is 0 Å². The third-order valence-corrected chi connectivity index (χ3v) is 5.41. The van der Waals surface area contributed by atoms with Gasteiger partial charge < -0.3 is 20.3 Å². The molecule has 1 aromatic heterocycles. The topological polar surface area (TPSA) is 83.6 Å². The van der Waals surface area contributed by atoms with E-state index in [1.54, 1.807) is 23.5 Å². The van der Waals surface area contributed by atoms with Crippen LogP contribution in [-0.2, 0) is 9.53 Å². The van der Waals surface area contributed by atoms with E-state index in [1.165, 1.54) is 11.3 Å². The van der Waals surface area contributed by atoms with Crippen molar-refractivity contribution in [3.8, 4) is 0 Å². The number of amides is 2. The number of anilines is 2. The fourth-order valence-electron chi connectivity index (χ4n) is 2.47. The van der Waals surface area contributed by atoms with Crippen LogP contribution < -0.4 is 10.6 Å². The van der Waals surface area contributed by atoms with Crippen molar-refractivity contribution in [3.63, 3.8) is 0 Å². The van der Waals surface area contributed by atoms with Crippen LogP contribution in [0.2, 0.25) is 5.02 Å². The van der Waals surface area contributed by atoms with Crippen LogP contribution in [0.5, 0.6) is 0 Å². The summed E-state index contributed by atoms with van der Waals surface area (Å²) in [5, 5.41) is 8.88. The molecule has 0 spiro atoms. The van der Waals surface area contributed by atoms with E-state index >= 15 is 0 Å². The zero-order valence-corrected chi connectivity index (χ0v) is 18.5. The minimum Gasteiger partial charge on any atom is -0.383 e. The summed E-state index contributed by atoms with van der Waals surface area (Å²) >= 11 is 7.48. The van der Waals surface area contributed by atoms with Gasteiger partial charge >= 0.3 is 0 Å². The molecule has 0 saturated heterocycles. The average Bonchev–Trinajstić information content (AvgIpc) is 3.17. The summed E-state index contributed by atoms with van der Waals surface area (Å²) in [6.45, 7) is 5.03. The van der Waals surface area contributed by atoms with E-state index < -0.39 is 0 Å². The Bertz CT molecular complexity index is 815. The molecule has 0 aliphatic carbocycles. The first kappa shape index (κ1) is 23.1. The maximum atomic E-state index is 12.9. The van der Waals surface area contributed by atoms with Crippen LogP contribution in [0.3, 0.4) is 0 Å². The van der Waals surface area contributed by atoms with Gasteiger partial charge in [-0.25, -0.2) is 4.98 Å². The Morgan fingerprint density at radius 2 is 2.07 bits per heavy atom. The SMILES string of the molecule is CCC(C)NC(=O)CCN(CCOC)C(=O)c1csc(Nc2ccccc2Cl)n1. The van der Waals surface area contributed by atoms with Crippen LogP contribution in [0.1, 0.15) is 37.2 Å². The van der Waals surface area contributed by atoms with Crippen LogP contribution in [0, 0.1) is 0 Å². The third-order valence-electron chi connectivity index (χ3n) is 4.32. The molecular weight excluding hydrogens is 412 g/mol. The highest BCUT2D eigenvalue weighted by atomic mass is 35.5. The van der Waals surface area contributed by atoms with Crippen LogP contribution in [-0.4, -0.2) is 54.5 Å². The molecule has 0 radical (unpaired) electrons. The molecule has 1 heterocycles. The monoisotopic (exact) mass is 438 g/mol. The molecule has 1 unspecified atom stereocenters. The molecule has 29 heavy (non-hydrogen) atoms. The zero-order valence-electron chi connectivity index (χ0n) is 16.9. The fraction of sp³-hybridized carbons (Fsp3) is 0.450. The van der Waals surface area contributed by atoms with Crippen molar-refractivity contribution in [3.05, 3.63) is 40.4 Å². The van der Waals surface area contributed by atoms with E-state index in [0.717, 1.165) is 12.1 Å². The maximum Gasteiger partial charge on any atom is 0.273 e. The number of methoxy groups -OCH3 is 1. The lowest BCUT2D eigenvalue weighted by Crippen LogP contribution is -2.39. The molecule has 2 aromatic rings. The van der Waals surface area contributed by atoms with Gasteiger partial charge in [-0.3, -0.25) is 9.59 Å². The van der Waals surface area contributed by atoms with Crippen molar-refractivity contribution < 1.29 is 14.3 Å². The van der Waals surface area contributed by atoms with Gasteiger partial charge in [0.25, 0.3) is 5.91 Å². The number of halogens is 1. The van der Waals surface area contributed by atoms with E-state index in [4.69, 9.17) is 16.3 Å². The molecule has 9 heteroatoms. The summed E-state index contributed by atoms with van der Waals surface area (Å²) in [4.78, 5) is 30.9. The first-order valence-electron chi connectivity index (χ1n) is 9.49. The number of hydrogen-bond donors (Lipinski definition) is 2.